The SMILES string of the molecule is CCOC(=O)C1=C(C(=O)OCC)C2c3ccccc3C=CN2C1C(=O)c1ccc(OC)cc1. The molecule has 0 saturated carbocycles. The lowest BCUT2D eigenvalue weighted by molar-refractivity contribution is -0.141. The monoisotopic (exact) mass is 447 g/mol. The highest BCUT2D eigenvalue weighted by molar-refractivity contribution is 6.13. The molecular weight excluding hydrogens is 422 g/mol. The van der Waals surface area contributed by atoms with Crippen molar-refractivity contribution in [2.75, 3.05) is 20.3 Å². The summed E-state index contributed by atoms with van der Waals surface area (Å²) in [6.07, 6.45) is 3.63. The molecule has 2 aliphatic heterocycles. The van der Waals surface area contributed by atoms with E-state index in [2.05, 4.69) is 0 Å². The third kappa shape index (κ3) is 3.91. The van der Waals surface area contributed by atoms with Crippen LogP contribution in [0.5, 0.6) is 5.75 Å². The van der Waals surface area contributed by atoms with Crippen molar-refractivity contribution in [3.8, 4) is 5.75 Å². The number of hydrogen-bond acceptors (Lipinski definition) is 7. The van der Waals surface area contributed by atoms with Gasteiger partial charge in [0.2, 0.25) is 0 Å². The molecule has 2 aromatic rings. The Morgan fingerprint density at radius 1 is 0.879 bits per heavy atom. The van der Waals surface area contributed by atoms with Crippen molar-refractivity contribution in [3.63, 3.8) is 0 Å². The summed E-state index contributed by atoms with van der Waals surface area (Å²) in [4.78, 5) is 41.8. The fourth-order valence-corrected chi connectivity index (χ4v) is 4.35. The number of fused-ring (bicyclic) bond motifs is 3. The van der Waals surface area contributed by atoms with Crippen LogP contribution in [0.1, 0.15) is 41.4 Å². The van der Waals surface area contributed by atoms with Crippen LogP contribution in [-0.2, 0) is 19.1 Å². The number of carbonyl (C=O) groups is 3. The van der Waals surface area contributed by atoms with Crippen LogP contribution in [0, 0.1) is 0 Å². The van der Waals surface area contributed by atoms with Gasteiger partial charge in [-0.25, -0.2) is 9.59 Å². The largest absolute Gasteiger partial charge is 0.497 e. The van der Waals surface area contributed by atoms with E-state index in [9.17, 15) is 14.4 Å². The van der Waals surface area contributed by atoms with Gasteiger partial charge in [0.1, 0.15) is 11.8 Å². The van der Waals surface area contributed by atoms with Gasteiger partial charge in [-0.3, -0.25) is 4.79 Å². The summed E-state index contributed by atoms with van der Waals surface area (Å²) in [7, 11) is 1.54. The zero-order valence-corrected chi connectivity index (χ0v) is 18.7. The van der Waals surface area contributed by atoms with Gasteiger partial charge in [-0.05, 0) is 55.3 Å². The first kappa shape index (κ1) is 22.3. The van der Waals surface area contributed by atoms with E-state index in [1.165, 1.54) is 0 Å². The van der Waals surface area contributed by atoms with Crippen LogP contribution in [0.25, 0.3) is 6.08 Å². The van der Waals surface area contributed by atoms with Crippen LogP contribution in [-0.4, -0.2) is 49.0 Å². The van der Waals surface area contributed by atoms with Crippen molar-refractivity contribution in [1.82, 2.24) is 4.90 Å². The van der Waals surface area contributed by atoms with Crippen molar-refractivity contribution >= 4 is 23.8 Å². The first-order valence-corrected chi connectivity index (χ1v) is 10.8. The maximum absolute atomic E-state index is 13.7. The molecule has 4 rings (SSSR count). The lowest BCUT2D eigenvalue weighted by atomic mass is 9.91. The summed E-state index contributed by atoms with van der Waals surface area (Å²) >= 11 is 0. The molecule has 0 aliphatic carbocycles. The molecule has 0 saturated heterocycles. The van der Waals surface area contributed by atoms with Crippen LogP contribution in [0.2, 0.25) is 0 Å². The lowest BCUT2D eigenvalue weighted by Crippen LogP contribution is -2.39. The average Bonchev–Trinajstić information content (AvgIpc) is 3.20. The van der Waals surface area contributed by atoms with Crippen LogP contribution < -0.4 is 4.74 Å². The highest BCUT2D eigenvalue weighted by atomic mass is 16.5. The fraction of sp³-hybridized carbons (Fsp3) is 0.269. The molecule has 170 valence electrons. The molecule has 2 aromatic carbocycles. The fourth-order valence-electron chi connectivity index (χ4n) is 4.35. The highest BCUT2D eigenvalue weighted by Crippen LogP contribution is 2.46. The molecule has 0 aromatic heterocycles. The summed E-state index contributed by atoms with van der Waals surface area (Å²) < 4.78 is 15.8. The Morgan fingerprint density at radius 3 is 2.15 bits per heavy atom. The predicted octanol–water partition coefficient (Wildman–Crippen LogP) is 3.71. The molecule has 2 aliphatic rings. The molecular formula is C26H25NO6. The zero-order chi connectivity index (χ0) is 23.5. The van der Waals surface area contributed by atoms with Crippen molar-refractivity contribution in [2.45, 2.75) is 25.9 Å². The number of Topliss-reactive ketones (excluding diaryl/α,β-unsaturated/α-hetero) is 1. The number of benzene rings is 2. The van der Waals surface area contributed by atoms with Crippen LogP contribution in [0.15, 0.2) is 65.9 Å². The second kappa shape index (κ2) is 9.32. The molecule has 0 radical (unpaired) electrons. The minimum absolute atomic E-state index is 0.0162. The standard InChI is InChI=1S/C26H25NO6/c1-4-32-25(29)20-21(26(30)33-5-2)23(24(28)17-10-12-18(31-3)13-11-17)27-15-14-16-8-6-7-9-19(16)22(20)27/h6-15,22-23H,4-5H2,1-3H3. The van der Waals surface area contributed by atoms with Gasteiger partial charge in [-0.2, -0.15) is 0 Å². The predicted molar refractivity (Wildman–Crippen MR) is 121 cm³/mol. The third-order valence-corrected chi connectivity index (χ3v) is 5.76. The van der Waals surface area contributed by atoms with E-state index < -0.39 is 24.0 Å². The molecule has 7 nitrogen and oxygen atoms in total. The number of carbonyl (C=O) groups excluding carboxylic acids is 3. The molecule has 0 N–H and O–H groups in total. The van der Waals surface area contributed by atoms with Gasteiger partial charge in [-0.15, -0.1) is 0 Å². The topological polar surface area (TPSA) is 82.1 Å². The van der Waals surface area contributed by atoms with Gasteiger partial charge in [0.25, 0.3) is 0 Å². The van der Waals surface area contributed by atoms with Gasteiger partial charge >= 0.3 is 11.9 Å². The van der Waals surface area contributed by atoms with E-state index in [4.69, 9.17) is 14.2 Å². The first-order chi connectivity index (χ1) is 16.0. The molecule has 0 bridgehead atoms. The van der Waals surface area contributed by atoms with Crippen molar-refractivity contribution in [2.24, 2.45) is 0 Å². The second-order valence-electron chi connectivity index (χ2n) is 7.56. The minimum atomic E-state index is -1.04. The Bertz CT molecular complexity index is 1150. The van der Waals surface area contributed by atoms with Crippen molar-refractivity contribution in [3.05, 3.63) is 82.6 Å². The summed E-state index contributed by atoms with van der Waals surface area (Å²) in [6.45, 7) is 3.63. The van der Waals surface area contributed by atoms with E-state index in [1.54, 1.807) is 56.3 Å². The number of rotatable bonds is 7. The molecule has 33 heavy (non-hydrogen) atoms. The minimum Gasteiger partial charge on any atom is -0.497 e. The van der Waals surface area contributed by atoms with E-state index in [-0.39, 0.29) is 30.1 Å². The van der Waals surface area contributed by atoms with E-state index in [1.807, 2.05) is 30.3 Å². The van der Waals surface area contributed by atoms with Gasteiger partial charge in [0, 0.05) is 11.8 Å². The van der Waals surface area contributed by atoms with Gasteiger partial charge in [0.05, 0.1) is 37.5 Å². The number of methoxy groups -OCH3 is 1. The Kier molecular flexibility index (Phi) is 6.31. The van der Waals surface area contributed by atoms with Crippen LogP contribution >= 0.6 is 0 Å². The number of ether oxygens (including phenoxy) is 3. The zero-order valence-electron chi connectivity index (χ0n) is 18.7. The molecule has 7 heteroatoms. The summed E-state index contributed by atoms with van der Waals surface area (Å²) in [6, 6.07) is 12.5. The third-order valence-electron chi connectivity index (χ3n) is 5.76. The Labute approximate surface area is 192 Å². The first-order valence-electron chi connectivity index (χ1n) is 10.8. The normalized spacial score (nSPS) is 18.5. The summed E-state index contributed by atoms with van der Waals surface area (Å²) in [5.74, 6) is -1.05. The smallest absolute Gasteiger partial charge is 0.337 e. The molecule has 0 amide bonds. The highest BCUT2D eigenvalue weighted by Gasteiger charge is 2.51. The van der Waals surface area contributed by atoms with E-state index in [0.717, 1.165) is 11.1 Å². The molecule has 0 fully saturated rings. The van der Waals surface area contributed by atoms with Gasteiger partial charge < -0.3 is 19.1 Å². The number of esters is 2. The summed E-state index contributed by atoms with van der Waals surface area (Å²) in [5.41, 5.74) is 2.26. The molecule has 2 atom stereocenters. The van der Waals surface area contributed by atoms with Crippen molar-refractivity contribution in [1.29, 1.82) is 0 Å². The van der Waals surface area contributed by atoms with Crippen molar-refractivity contribution < 1.29 is 28.6 Å². The second-order valence-corrected chi connectivity index (χ2v) is 7.56. The summed E-state index contributed by atoms with van der Waals surface area (Å²) in [5, 5.41) is 0. The van der Waals surface area contributed by atoms with E-state index in [0.29, 0.717) is 11.3 Å². The molecule has 2 heterocycles. The van der Waals surface area contributed by atoms with Crippen LogP contribution in [0.4, 0.5) is 0 Å². The average molecular weight is 447 g/mol. The lowest BCUT2D eigenvalue weighted by Gasteiger charge is -2.34. The quantitative estimate of drug-likeness (QED) is 0.473. The maximum Gasteiger partial charge on any atom is 0.337 e. The number of nitrogens with zero attached hydrogens (tertiary/aromatic N) is 1. The Morgan fingerprint density at radius 2 is 1.52 bits per heavy atom. The van der Waals surface area contributed by atoms with E-state index >= 15 is 0 Å². The maximum atomic E-state index is 13.7. The number of hydrogen-bond donors (Lipinski definition) is 0. The molecule has 2 unspecified atom stereocenters. The van der Waals surface area contributed by atoms with Crippen LogP contribution in [0.3, 0.4) is 0 Å². The van der Waals surface area contributed by atoms with Gasteiger partial charge in [-0.1, -0.05) is 24.3 Å². The Balaban J connectivity index is 1.91. The number of ketones is 1. The van der Waals surface area contributed by atoms with Gasteiger partial charge in [0.15, 0.2) is 5.78 Å². The Hall–Kier alpha value is -3.87. The molecule has 0 spiro atoms.